The minimum atomic E-state index is 0.127. The van der Waals surface area contributed by atoms with Gasteiger partial charge in [0.1, 0.15) is 0 Å². The summed E-state index contributed by atoms with van der Waals surface area (Å²) in [6, 6.07) is 12.3. The molecule has 1 aromatic heterocycles. The number of anilines is 1. The Bertz CT molecular complexity index is 556. The molecule has 0 saturated carbocycles. The van der Waals surface area contributed by atoms with Gasteiger partial charge in [0.05, 0.1) is 7.11 Å². The summed E-state index contributed by atoms with van der Waals surface area (Å²) in [7, 11) is 1.62. The van der Waals surface area contributed by atoms with Crippen LogP contribution in [0.4, 0.5) is 5.69 Å². The van der Waals surface area contributed by atoms with Crippen molar-refractivity contribution in [2.24, 2.45) is 0 Å². The van der Waals surface area contributed by atoms with Gasteiger partial charge in [0.2, 0.25) is 5.88 Å². The average molecular weight is 270 g/mol. The summed E-state index contributed by atoms with van der Waals surface area (Å²) in [5, 5.41) is 3.49. The molecule has 0 spiro atoms. The number of benzene rings is 1. The lowest BCUT2D eigenvalue weighted by Crippen LogP contribution is -2.14. The van der Waals surface area contributed by atoms with Crippen LogP contribution in [0.1, 0.15) is 31.9 Å². The molecule has 0 radical (unpaired) electrons. The topological polar surface area (TPSA) is 34.1 Å². The fourth-order valence-electron chi connectivity index (χ4n) is 2.12. The minimum absolute atomic E-state index is 0.127. The van der Waals surface area contributed by atoms with Crippen molar-refractivity contribution in [2.75, 3.05) is 12.4 Å². The van der Waals surface area contributed by atoms with E-state index in [1.165, 1.54) is 11.3 Å². The third kappa shape index (κ3) is 3.50. The van der Waals surface area contributed by atoms with Crippen LogP contribution in [0.3, 0.4) is 0 Å². The number of aromatic nitrogens is 1. The van der Waals surface area contributed by atoms with E-state index >= 15 is 0 Å². The molecule has 1 heterocycles. The minimum Gasteiger partial charge on any atom is -0.481 e. The zero-order valence-electron chi connectivity index (χ0n) is 12.6. The number of pyridine rings is 1. The molecule has 0 fully saturated rings. The van der Waals surface area contributed by atoms with Crippen LogP contribution in [-0.4, -0.2) is 12.1 Å². The molecule has 0 aliphatic rings. The first-order valence-corrected chi connectivity index (χ1v) is 6.83. The number of nitrogens with one attached hydrogen (secondary N) is 1. The van der Waals surface area contributed by atoms with Gasteiger partial charge in [0.15, 0.2) is 0 Å². The summed E-state index contributed by atoms with van der Waals surface area (Å²) in [4.78, 5) is 4.22. The van der Waals surface area contributed by atoms with Crippen molar-refractivity contribution >= 4 is 5.69 Å². The molecule has 0 aliphatic carbocycles. The third-order valence-corrected chi connectivity index (χ3v) is 3.22. The van der Waals surface area contributed by atoms with Gasteiger partial charge in [-0.3, -0.25) is 0 Å². The van der Waals surface area contributed by atoms with Crippen LogP contribution in [0.5, 0.6) is 5.88 Å². The van der Waals surface area contributed by atoms with Crippen LogP contribution >= 0.6 is 0 Å². The normalized spacial score (nSPS) is 11.2. The lowest BCUT2D eigenvalue weighted by Gasteiger charge is -2.23. The van der Waals surface area contributed by atoms with Crippen molar-refractivity contribution in [2.45, 2.75) is 32.7 Å². The van der Waals surface area contributed by atoms with Gasteiger partial charge in [-0.15, -0.1) is 0 Å². The van der Waals surface area contributed by atoms with Crippen LogP contribution in [0.2, 0.25) is 0 Å². The van der Waals surface area contributed by atoms with Crippen molar-refractivity contribution in [3.05, 3.63) is 53.7 Å². The SMILES string of the molecule is COc1ccc(CNc2ccccc2C(C)(C)C)cn1. The molecule has 106 valence electrons. The van der Waals surface area contributed by atoms with Crippen molar-refractivity contribution in [3.63, 3.8) is 0 Å². The second-order valence-corrected chi connectivity index (χ2v) is 5.86. The molecule has 20 heavy (non-hydrogen) atoms. The van der Waals surface area contributed by atoms with Crippen LogP contribution in [0.25, 0.3) is 0 Å². The second-order valence-electron chi connectivity index (χ2n) is 5.86. The molecule has 0 atom stereocenters. The van der Waals surface area contributed by atoms with Crippen LogP contribution < -0.4 is 10.1 Å². The summed E-state index contributed by atoms with van der Waals surface area (Å²) in [5.74, 6) is 0.642. The van der Waals surface area contributed by atoms with Crippen LogP contribution in [-0.2, 0) is 12.0 Å². The molecule has 2 aromatic rings. The first-order chi connectivity index (χ1) is 9.50. The van der Waals surface area contributed by atoms with E-state index in [9.17, 15) is 0 Å². The Kier molecular flexibility index (Phi) is 4.28. The van der Waals surface area contributed by atoms with Crippen molar-refractivity contribution < 1.29 is 4.74 Å². The Morgan fingerprint density at radius 1 is 1.10 bits per heavy atom. The Morgan fingerprint density at radius 2 is 1.85 bits per heavy atom. The first-order valence-electron chi connectivity index (χ1n) is 6.83. The fraction of sp³-hybridized carbons (Fsp3) is 0.353. The van der Waals surface area contributed by atoms with E-state index in [0.29, 0.717) is 5.88 Å². The van der Waals surface area contributed by atoms with Gasteiger partial charge in [-0.2, -0.15) is 0 Å². The van der Waals surface area contributed by atoms with Crippen LogP contribution in [0.15, 0.2) is 42.6 Å². The summed E-state index contributed by atoms with van der Waals surface area (Å²) in [5.41, 5.74) is 3.76. The Morgan fingerprint density at radius 3 is 2.45 bits per heavy atom. The smallest absolute Gasteiger partial charge is 0.212 e. The van der Waals surface area contributed by atoms with Gasteiger partial charge >= 0.3 is 0 Å². The molecule has 1 N–H and O–H groups in total. The lowest BCUT2D eigenvalue weighted by molar-refractivity contribution is 0.397. The second kappa shape index (κ2) is 5.95. The van der Waals surface area contributed by atoms with Crippen molar-refractivity contribution in [1.82, 2.24) is 4.98 Å². The van der Waals surface area contributed by atoms with Crippen molar-refractivity contribution in [1.29, 1.82) is 0 Å². The van der Waals surface area contributed by atoms with Crippen LogP contribution in [0, 0.1) is 0 Å². The van der Waals surface area contributed by atoms with E-state index in [0.717, 1.165) is 12.1 Å². The summed E-state index contributed by atoms with van der Waals surface area (Å²) >= 11 is 0. The molecule has 3 heteroatoms. The number of nitrogens with zero attached hydrogens (tertiary/aromatic N) is 1. The first kappa shape index (κ1) is 14.4. The highest BCUT2D eigenvalue weighted by molar-refractivity contribution is 5.54. The average Bonchev–Trinajstić information content (AvgIpc) is 2.45. The molecule has 2 rings (SSSR count). The summed E-state index contributed by atoms with van der Waals surface area (Å²) in [6.07, 6.45) is 1.84. The molecule has 3 nitrogen and oxygen atoms in total. The van der Waals surface area contributed by atoms with Gasteiger partial charge in [-0.25, -0.2) is 4.98 Å². The molecule has 0 aliphatic heterocycles. The highest BCUT2D eigenvalue weighted by Crippen LogP contribution is 2.29. The molecule has 0 amide bonds. The van der Waals surface area contributed by atoms with Gasteiger partial charge in [-0.05, 0) is 22.6 Å². The maximum absolute atomic E-state index is 5.06. The van der Waals surface area contributed by atoms with Crippen molar-refractivity contribution in [3.8, 4) is 5.88 Å². The van der Waals surface area contributed by atoms with E-state index < -0.39 is 0 Å². The lowest BCUT2D eigenvalue weighted by atomic mass is 9.86. The maximum atomic E-state index is 5.06. The Hall–Kier alpha value is -2.03. The summed E-state index contributed by atoms with van der Waals surface area (Å²) in [6.45, 7) is 7.43. The van der Waals surface area contributed by atoms with E-state index in [2.05, 4.69) is 55.3 Å². The number of hydrogen-bond acceptors (Lipinski definition) is 3. The summed E-state index contributed by atoms with van der Waals surface area (Å²) < 4.78 is 5.06. The number of methoxy groups -OCH3 is 1. The molecule has 0 saturated heterocycles. The standard InChI is InChI=1S/C17H22N2O/c1-17(2,3)14-7-5-6-8-15(14)18-11-13-9-10-16(20-4)19-12-13/h5-10,12,18H,11H2,1-4H3. The highest BCUT2D eigenvalue weighted by atomic mass is 16.5. The quantitative estimate of drug-likeness (QED) is 0.911. The fourth-order valence-corrected chi connectivity index (χ4v) is 2.12. The molecular formula is C17H22N2O. The van der Waals surface area contributed by atoms with Gasteiger partial charge < -0.3 is 10.1 Å². The Labute approximate surface area is 121 Å². The van der Waals surface area contributed by atoms with E-state index in [1.807, 2.05) is 18.3 Å². The van der Waals surface area contributed by atoms with E-state index in [1.54, 1.807) is 7.11 Å². The Balaban J connectivity index is 2.10. The molecule has 0 unspecified atom stereocenters. The predicted octanol–water partition coefficient (Wildman–Crippen LogP) is 4.00. The number of hydrogen-bond donors (Lipinski definition) is 1. The number of para-hydroxylation sites is 1. The monoisotopic (exact) mass is 270 g/mol. The van der Waals surface area contributed by atoms with Gasteiger partial charge in [0.25, 0.3) is 0 Å². The number of ether oxygens (including phenoxy) is 1. The maximum Gasteiger partial charge on any atom is 0.212 e. The predicted molar refractivity (Wildman–Crippen MR) is 83.3 cm³/mol. The largest absolute Gasteiger partial charge is 0.481 e. The number of rotatable bonds is 4. The van der Waals surface area contributed by atoms with Gasteiger partial charge in [0, 0.05) is 24.5 Å². The zero-order chi connectivity index (χ0) is 14.6. The third-order valence-electron chi connectivity index (χ3n) is 3.22. The van der Waals surface area contributed by atoms with E-state index in [-0.39, 0.29) is 5.41 Å². The molecule has 1 aromatic carbocycles. The highest BCUT2D eigenvalue weighted by Gasteiger charge is 2.17. The van der Waals surface area contributed by atoms with Gasteiger partial charge in [-0.1, -0.05) is 45.0 Å². The molecule has 0 bridgehead atoms. The van der Waals surface area contributed by atoms with E-state index in [4.69, 9.17) is 4.74 Å². The molecular weight excluding hydrogens is 248 g/mol. The zero-order valence-corrected chi connectivity index (χ0v) is 12.6.